The zero-order valence-electron chi connectivity index (χ0n) is 12.8. The molecule has 3 N–H and O–H groups in total. The van der Waals surface area contributed by atoms with E-state index in [1.165, 1.54) is 5.56 Å². The van der Waals surface area contributed by atoms with Crippen molar-refractivity contribution in [3.8, 4) is 0 Å². The number of pyridine rings is 1. The maximum Gasteiger partial charge on any atom is 0.224 e. The first kappa shape index (κ1) is 15.0. The Balaban J connectivity index is 1.59. The third kappa shape index (κ3) is 4.26. The van der Waals surface area contributed by atoms with Gasteiger partial charge in [0.05, 0.1) is 0 Å². The standard InChI is InChI=1S/C18H19N5/c19-17-16(7-6-14-4-2-1-3-5-14)13-22-18(23-17)21-12-15-8-10-20-11-9-15/h1-5,8-11,13H,6-7,12H2,(H3,19,21,22,23). The average Bonchev–Trinajstić information content (AvgIpc) is 2.61. The van der Waals surface area contributed by atoms with Gasteiger partial charge in [0.25, 0.3) is 0 Å². The van der Waals surface area contributed by atoms with Gasteiger partial charge in [-0.1, -0.05) is 30.3 Å². The Morgan fingerprint density at radius 2 is 1.70 bits per heavy atom. The number of hydrogen-bond acceptors (Lipinski definition) is 5. The summed E-state index contributed by atoms with van der Waals surface area (Å²) in [7, 11) is 0. The highest BCUT2D eigenvalue weighted by Crippen LogP contribution is 2.14. The van der Waals surface area contributed by atoms with Crippen molar-refractivity contribution in [1.82, 2.24) is 15.0 Å². The van der Waals surface area contributed by atoms with Crippen LogP contribution in [0.2, 0.25) is 0 Å². The number of nitrogens with two attached hydrogens (primary N) is 1. The molecule has 0 saturated carbocycles. The summed E-state index contributed by atoms with van der Waals surface area (Å²) >= 11 is 0. The molecule has 0 aliphatic rings. The van der Waals surface area contributed by atoms with E-state index >= 15 is 0 Å². The van der Waals surface area contributed by atoms with Crippen LogP contribution in [-0.2, 0) is 19.4 Å². The monoisotopic (exact) mass is 305 g/mol. The van der Waals surface area contributed by atoms with Crippen LogP contribution >= 0.6 is 0 Å². The zero-order chi connectivity index (χ0) is 15.9. The number of benzene rings is 1. The summed E-state index contributed by atoms with van der Waals surface area (Å²) in [5, 5.41) is 3.17. The molecule has 116 valence electrons. The van der Waals surface area contributed by atoms with Crippen molar-refractivity contribution in [3.05, 3.63) is 77.7 Å². The minimum absolute atomic E-state index is 0.535. The fraction of sp³-hybridized carbons (Fsp3) is 0.167. The lowest BCUT2D eigenvalue weighted by Crippen LogP contribution is -2.07. The van der Waals surface area contributed by atoms with Gasteiger partial charge in [0.2, 0.25) is 5.95 Å². The quantitative estimate of drug-likeness (QED) is 0.732. The molecule has 3 aromatic rings. The molecule has 3 rings (SSSR count). The molecule has 0 saturated heterocycles. The number of rotatable bonds is 6. The summed E-state index contributed by atoms with van der Waals surface area (Å²) in [6.45, 7) is 0.644. The molecule has 0 bridgehead atoms. The van der Waals surface area contributed by atoms with Crippen LogP contribution in [-0.4, -0.2) is 15.0 Å². The normalized spacial score (nSPS) is 10.4. The Hall–Kier alpha value is -2.95. The topological polar surface area (TPSA) is 76.7 Å². The smallest absolute Gasteiger partial charge is 0.224 e. The Bertz CT molecular complexity index is 744. The van der Waals surface area contributed by atoms with E-state index in [9.17, 15) is 0 Å². The van der Waals surface area contributed by atoms with Gasteiger partial charge in [0.15, 0.2) is 0 Å². The van der Waals surface area contributed by atoms with E-state index in [-0.39, 0.29) is 0 Å². The molecule has 23 heavy (non-hydrogen) atoms. The fourth-order valence-corrected chi connectivity index (χ4v) is 2.30. The van der Waals surface area contributed by atoms with Gasteiger partial charge >= 0.3 is 0 Å². The van der Waals surface area contributed by atoms with Gasteiger partial charge < -0.3 is 11.1 Å². The van der Waals surface area contributed by atoms with Gasteiger partial charge in [0, 0.05) is 30.7 Å². The molecule has 2 heterocycles. The minimum Gasteiger partial charge on any atom is -0.383 e. The van der Waals surface area contributed by atoms with Crippen LogP contribution in [0.1, 0.15) is 16.7 Å². The van der Waals surface area contributed by atoms with Crippen molar-refractivity contribution in [2.75, 3.05) is 11.1 Å². The Morgan fingerprint density at radius 1 is 0.913 bits per heavy atom. The molecule has 0 unspecified atom stereocenters. The second-order valence-electron chi connectivity index (χ2n) is 5.30. The number of nitrogen functional groups attached to an aromatic ring is 1. The Labute approximate surface area is 135 Å². The van der Waals surface area contributed by atoms with Crippen LogP contribution in [0.4, 0.5) is 11.8 Å². The van der Waals surface area contributed by atoms with E-state index in [1.54, 1.807) is 18.6 Å². The second-order valence-corrected chi connectivity index (χ2v) is 5.30. The SMILES string of the molecule is Nc1nc(NCc2ccncc2)ncc1CCc1ccccc1. The number of nitrogens with zero attached hydrogens (tertiary/aromatic N) is 3. The fourth-order valence-electron chi connectivity index (χ4n) is 2.30. The van der Waals surface area contributed by atoms with E-state index in [2.05, 4.69) is 32.4 Å². The highest BCUT2D eigenvalue weighted by atomic mass is 15.1. The number of aromatic nitrogens is 3. The maximum atomic E-state index is 6.05. The molecular formula is C18H19N5. The first-order chi connectivity index (χ1) is 11.3. The molecule has 2 aromatic heterocycles. The largest absolute Gasteiger partial charge is 0.383 e. The summed E-state index contributed by atoms with van der Waals surface area (Å²) in [5.41, 5.74) is 9.43. The van der Waals surface area contributed by atoms with Crippen LogP contribution < -0.4 is 11.1 Å². The lowest BCUT2D eigenvalue weighted by Gasteiger charge is -2.08. The molecular weight excluding hydrogens is 286 g/mol. The molecule has 5 heteroatoms. The third-order valence-corrected chi connectivity index (χ3v) is 3.62. The van der Waals surface area contributed by atoms with Crippen molar-refractivity contribution in [2.45, 2.75) is 19.4 Å². The van der Waals surface area contributed by atoms with E-state index in [0.717, 1.165) is 24.0 Å². The molecule has 5 nitrogen and oxygen atoms in total. The Kier molecular flexibility index (Phi) is 4.79. The average molecular weight is 305 g/mol. The van der Waals surface area contributed by atoms with E-state index in [4.69, 9.17) is 5.73 Å². The molecule has 1 aromatic carbocycles. The van der Waals surface area contributed by atoms with Gasteiger partial charge in [-0.05, 0) is 36.1 Å². The van der Waals surface area contributed by atoms with Crippen LogP contribution in [0.3, 0.4) is 0 Å². The summed E-state index contributed by atoms with van der Waals surface area (Å²) in [6.07, 6.45) is 7.09. The van der Waals surface area contributed by atoms with Crippen molar-refractivity contribution in [1.29, 1.82) is 0 Å². The van der Waals surface area contributed by atoms with Crippen molar-refractivity contribution in [2.24, 2.45) is 0 Å². The number of anilines is 2. The van der Waals surface area contributed by atoms with Crippen molar-refractivity contribution in [3.63, 3.8) is 0 Å². The third-order valence-electron chi connectivity index (χ3n) is 3.62. The molecule has 0 aliphatic heterocycles. The molecule has 0 amide bonds. The lowest BCUT2D eigenvalue weighted by molar-refractivity contribution is 0.934. The second kappa shape index (κ2) is 7.35. The molecule has 0 radical (unpaired) electrons. The van der Waals surface area contributed by atoms with Crippen LogP contribution in [0.15, 0.2) is 61.1 Å². The van der Waals surface area contributed by atoms with Crippen LogP contribution in [0.25, 0.3) is 0 Å². The van der Waals surface area contributed by atoms with Gasteiger partial charge in [0.1, 0.15) is 5.82 Å². The molecule has 0 fully saturated rings. The summed E-state index contributed by atoms with van der Waals surface area (Å²) < 4.78 is 0. The van der Waals surface area contributed by atoms with Gasteiger partial charge in [-0.2, -0.15) is 4.98 Å². The summed E-state index contributed by atoms with van der Waals surface area (Å²) in [6, 6.07) is 14.2. The predicted molar refractivity (Wildman–Crippen MR) is 91.9 cm³/mol. The zero-order valence-corrected chi connectivity index (χ0v) is 12.8. The molecule has 0 aliphatic carbocycles. The first-order valence-electron chi connectivity index (χ1n) is 7.59. The minimum atomic E-state index is 0.535. The van der Waals surface area contributed by atoms with Crippen LogP contribution in [0.5, 0.6) is 0 Å². The van der Waals surface area contributed by atoms with Crippen LogP contribution in [0, 0.1) is 0 Å². The maximum absolute atomic E-state index is 6.05. The van der Waals surface area contributed by atoms with Gasteiger partial charge in [-0.25, -0.2) is 4.98 Å². The van der Waals surface area contributed by atoms with Crippen molar-refractivity contribution >= 4 is 11.8 Å². The summed E-state index contributed by atoms with van der Waals surface area (Å²) in [4.78, 5) is 12.7. The van der Waals surface area contributed by atoms with Crippen molar-refractivity contribution < 1.29 is 0 Å². The number of hydrogen-bond donors (Lipinski definition) is 2. The van der Waals surface area contributed by atoms with Gasteiger partial charge in [-0.3, -0.25) is 4.98 Å². The Morgan fingerprint density at radius 3 is 2.43 bits per heavy atom. The number of aryl methyl sites for hydroxylation is 2. The predicted octanol–water partition coefficient (Wildman–Crippen LogP) is 2.85. The molecule has 0 spiro atoms. The highest BCUT2D eigenvalue weighted by molar-refractivity contribution is 5.43. The number of nitrogens with one attached hydrogen (secondary N) is 1. The highest BCUT2D eigenvalue weighted by Gasteiger charge is 2.05. The summed E-state index contributed by atoms with van der Waals surface area (Å²) in [5.74, 6) is 1.08. The van der Waals surface area contributed by atoms with E-state index in [0.29, 0.717) is 18.3 Å². The first-order valence-corrected chi connectivity index (χ1v) is 7.59. The molecule has 0 atom stereocenters. The van der Waals surface area contributed by atoms with E-state index in [1.807, 2.05) is 30.3 Å². The lowest BCUT2D eigenvalue weighted by atomic mass is 10.1. The van der Waals surface area contributed by atoms with Gasteiger partial charge in [-0.15, -0.1) is 0 Å². The van der Waals surface area contributed by atoms with E-state index < -0.39 is 0 Å².